The van der Waals surface area contributed by atoms with Gasteiger partial charge in [-0.3, -0.25) is 0 Å². The molecular formula is C17H19N5O2. The predicted molar refractivity (Wildman–Crippen MR) is 90.1 cm³/mol. The number of tetrazole rings is 1. The van der Waals surface area contributed by atoms with E-state index in [1.807, 2.05) is 36.4 Å². The number of H-pyrrole nitrogens is 1. The lowest BCUT2D eigenvalue weighted by Gasteiger charge is -2.12. The molecule has 3 rings (SSSR count). The SMILES string of the molecule is COc1cc(CNc2nn[nH]n2)ccc1OCCc1ccccc1. The van der Waals surface area contributed by atoms with Crippen LogP contribution in [0.2, 0.25) is 0 Å². The van der Waals surface area contributed by atoms with Crippen LogP contribution in [-0.4, -0.2) is 34.3 Å². The molecule has 7 nitrogen and oxygen atoms in total. The van der Waals surface area contributed by atoms with Crippen molar-refractivity contribution in [1.82, 2.24) is 20.6 Å². The van der Waals surface area contributed by atoms with Gasteiger partial charge in [0.25, 0.3) is 5.95 Å². The Morgan fingerprint density at radius 1 is 1.04 bits per heavy atom. The molecule has 0 bridgehead atoms. The van der Waals surface area contributed by atoms with Gasteiger partial charge in [0.1, 0.15) is 0 Å². The number of benzene rings is 2. The van der Waals surface area contributed by atoms with E-state index in [-0.39, 0.29) is 0 Å². The lowest BCUT2D eigenvalue weighted by Crippen LogP contribution is -2.04. The van der Waals surface area contributed by atoms with Crippen LogP contribution in [-0.2, 0) is 13.0 Å². The molecule has 24 heavy (non-hydrogen) atoms. The molecule has 0 fully saturated rings. The molecule has 1 heterocycles. The zero-order valence-corrected chi connectivity index (χ0v) is 13.4. The van der Waals surface area contributed by atoms with E-state index in [9.17, 15) is 0 Å². The third-order valence-corrected chi connectivity index (χ3v) is 3.52. The van der Waals surface area contributed by atoms with Crippen molar-refractivity contribution >= 4 is 5.95 Å². The summed E-state index contributed by atoms with van der Waals surface area (Å²) in [5.74, 6) is 1.89. The van der Waals surface area contributed by atoms with Crippen LogP contribution in [0, 0.1) is 0 Å². The van der Waals surface area contributed by atoms with Crippen LogP contribution in [0.5, 0.6) is 11.5 Å². The smallest absolute Gasteiger partial charge is 0.263 e. The Balaban J connectivity index is 1.57. The van der Waals surface area contributed by atoms with E-state index in [0.29, 0.717) is 24.8 Å². The Hall–Kier alpha value is -3.09. The Kier molecular flexibility index (Phi) is 5.24. The molecule has 0 saturated carbocycles. The number of anilines is 1. The third kappa shape index (κ3) is 4.22. The number of methoxy groups -OCH3 is 1. The van der Waals surface area contributed by atoms with Crippen molar-refractivity contribution in [3.8, 4) is 11.5 Å². The predicted octanol–water partition coefficient (Wildman–Crippen LogP) is 2.44. The van der Waals surface area contributed by atoms with Gasteiger partial charge in [-0.1, -0.05) is 41.5 Å². The highest BCUT2D eigenvalue weighted by atomic mass is 16.5. The van der Waals surface area contributed by atoms with Gasteiger partial charge in [-0.05, 0) is 28.5 Å². The van der Waals surface area contributed by atoms with E-state index < -0.39 is 0 Å². The molecule has 124 valence electrons. The maximum Gasteiger partial charge on any atom is 0.263 e. The van der Waals surface area contributed by atoms with Crippen molar-refractivity contribution in [2.45, 2.75) is 13.0 Å². The topological polar surface area (TPSA) is 85.0 Å². The molecule has 3 aromatic rings. The molecule has 0 saturated heterocycles. The fraction of sp³-hybridized carbons (Fsp3) is 0.235. The lowest BCUT2D eigenvalue weighted by atomic mass is 10.1. The fourth-order valence-electron chi connectivity index (χ4n) is 2.28. The Labute approximate surface area is 140 Å². The second-order valence-corrected chi connectivity index (χ2v) is 5.16. The molecule has 0 amide bonds. The average molecular weight is 325 g/mol. The highest BCUT2D eigenvalue weighted by molar-refractivity contribution is 5.43. The van der Waals surface area contributed by atoms with Crippen LogP contribution < -0.4 is 14.8 Å². The molecule has 2 N–H and O–H groups in total. The van der Waals surface area contributed by atoms with Crippen molar-refractivity contribution in [3.05, 3.63) is 59.7 Å². The molecule has 0 aliphatic heterocycles. The zero-order chi connectivity index (χ0) is 16.6. The normalized spacial score (nSPS) is 10.4. The van der Waals surface area contributed by atoms with Crippen LogP contribution in [0.4, 0.5) is 5.95 Å². The minimum absolute atomic E-state index is 0.456. The van der Waals surface area contributed by atoms with Gasteiger partial charge in [-0.15, -0.1) is 5.10 Å². The summed E-state index contributed by atoms with van der Waals surface area (Å²) in [4.78, 5) is 0. The van der Waals surface area contributed by atoms with E-state index in [2.05, 4.69) is 38.1 Å². The molecule has 0 aliphatic carbocycles. The Morgan fingerprint density at radius 3 is 2.67 bits per heavy atom. The van der Waals surface area contributed by atoms with Gasteiger partial charge in [0, 0.05) is 13.0 Å². The second-order valence-electron chi connectivity index (χ2n) is 5.16. The number of hydrogen-bond donors (Lipinski definition) is 2. The van der Waals surface area contributed by atoms with Crippen LogP contribution in [0.3, 0.4) is 0 Å². The summed E-state index contributed by atoms with van der Waals surface area (Å²) in [5.41, 5.74) is 2.28. The van der Waals surface area contributed by atoms with Crippen molar-refractivity contribution in [3.63, 3.8) is 0 Å². The highest BCUT2D eigenvalue weighted by Gasteiger charge is 2.07. The minimum Gasteiger partial charge on any atom is -0.493 e. The molecule has 2 aromatic carbocycles. The van der Waals surface area contributed by atoms with E-state index in [0.717, 1.165) is 17.7 Å². The van der Waals surface area contributed by atoms with Gasteiger partial charge in [0.2, 0.25) is 0 Å². The summed E-state index contributed by atoms with van der Waals surface area (Å²) >= 11 is 0. The molecule has 0 aliphatic rings. The lowest BCUT2D eigenvalue weighted by molar-refractivity contribution is 0.297. The maximum atomic E-state index is 5.85. The van der Waals surface area contributed by atoms with E-state index in [1.54, 1.807) is 7.11 Å². The monoisotopic (exact) mass is 325 g/mol. The number of rotatable bonds is 8. The van der Waals surface area contributed by atoms with Gasteiger partial charge in [0.05, 0.1) is 13.7 Å². The van der Waals surface area contributed by atoms with Gasteiger partial charge in [-0.2, -0.15) is 5.21 Å². The first-order valence-electron chi connectivity index (χ1n) is 7.66. The first kappa shape index (κ1) is 15.8. The summed E-state index contributed by atoms with van der Waals surface area (Å²) in [6, 6.07) is 16.1. The molecule has 0 unspecified atom stereocenters. The van der Waals surface area contributed by atoms with Gasteiger partial charge < -0.3 is 14.8 Å². The van der Waals surface area contributed by atoms with E-state index in [1.165, 1.54) is 5.56 Å². The minimum atomic E-state index is 0.456. The summed E-state index contributed by atoms with van der Waals surface area (Å²) in [7, 11) is 1.63. The Morgan fingerprint density at radius 2 is 1.92 bits per heavy atom. The second kappa shape index (κ2) is 7.96. The van der Waals surface area contributed by atoms with Gasteiger partial charge in [-0.25, -0.2) is 0 Å². The summed E-state index contributed by atoms with van der Waals surface area (Å²) < 4.78 is 11.3. The van der Waals surface area contributed by atoms with Gasteiger partial charge >= 0.3 is 0 Å². The molecule has 7 heteroatoms. The fourth-order valence-corrected chi connectivity index (χ4v) is 2.28. The quantitative estimate of drug-likeness (QED) is 0.662. The molecule has 0 atom stereocenters. The highest BCUT2D eigenvalue weighted by Crippen LogP contribution is 2.28. The largest absolute Gasteiger partial charge is 0.493 e. The van der Waals surface area contributed by atoms with Crippen molar-refractivity contribution < 1.29 is 9.47 Å². The Bertz CT molecular complexity index is 747. The summed E-state index contributed by atoms with van der Waals surface area (Å²) in [5, 5.41) is 16.7. The molecule has 1 aromatic heterocycles. The van der Waals surface area contributed by atoms with Crippen molar-refractivity contribution in [2.75, 3.05) is 19.0 Å². The number of ether oxygens (including phenoxy) is 2. The standard InChI is InChI=1S/C17H19N5O2/c1-23-16-11-14(12-18-17-19-21-22-20-17)7-8-15(16)24-10-9-13-5-3-2-4-6-13/h2-8,11H,9-10,12H2,1H3,(H2,18,19,20,21,22). The van der Waals surface area contributed by atoms with Crippen LogP contribution >= 0.6 is 0 Å². The average Bonchev–Trinajstić information content (AvgIpc) is 3.15. The van der Waals surface area contributed by atoms with Crippen LogP contribution in [0.15, 0.2) is 48.5 Å². The number of aromatic amines is 1. The molecule has 0 spiro atoms. The summed E-state index contributed by atoms with van der Waals surface area (Å²) in [6.45, 7) is 1.17. The van der Waals surface area contributed by atoms with Crippen molar-refractivity contribution in [2.24, 2.45) is 0 Å². The van der Waals surface area contributed by atoms with Gasteiger partial charge in [0.15, 0.2) is 11.5 Å². The third-order valence-electron chi connectivity index (χ3n) is 3.52. The van der Waals surface area contributed by atoms with E-state index >= 15 is 0 Å². The first-order chi connectivity index (χ1) is 11.8. The number of aromatic nitrogens is 4. The van der Waals surface area contributed by atoms with Crippen molar-refractivity contribution in [1.29, 1.82) is 0 Å². The van der Waals surface area contributed by atoms with Crippen LogP contribution in [0.25, 0.3) is 0 Å². The number of hydrogen-bond acceptors (Lipinski definition) is 6. The number of nitrogens with one attached hydrogen (secondary N) is 2. The first-order valence-corrected chi connectivity index (χ1v) is 7.66. The number of nitrogens with zero attached hydrogens (tertiary/aromatic N) is 3. The van der Waals surface area contributed by atoms with Crippen LogP contribution in [0.1, 0.15) is 11.1 Å². The van der Waals surface area contributed by atoms with E-state index in [4.69, 9.17) is 9.47 Å². The summed E-state index contributed by atoms with van der Waals surface area (Å²) in [6.07, 6.45) is 0.852. The molecular weight excluding hydrogens is 306 g/mol. The molecule has 0 radical (unpaired) electrons. The zero-order valence-electron chi connectivity index (χ0n) is 13.4. The maximum absolute atomic E-state index is 5.85.